The molecule has 1 amide bonds. The van der Waals surface area contributed by atoms with Crippen LogP contribution in [0.4, 0.5) is 4.39 Å². The van der Waals surface area contributed by atoms with Crippen molar-refractivity contribution < 1.29 is 27.1 Å². The maximum atomic E-state index is 12.9. The number of piperazine rings is 1. The van der Waals surface area contributed by atoms with Gasteiger partial charge in [-0.25, -0.2) is 4.39 Å². The van der Waals surface area contributed by atoms with Crippen molar-refractivity contribution in [3.63, 3.8) is 0 Å². The quantitative estimate of drug-likeness (QED) is 0.710. The second-order valence-electron chi connectivity index (χ2n) is 6.46. The molecular weight excluding hydrogens is 377 g/mol. The number of carbonyl (C=O) groups is 1. The molecule has 0 aliphatic carbocycles. The second kappa shape index (κ2) is 8.51. The number of rotatable bonds is 5. The van der Waals surface area contributed by atoms with Gasteiger partial charge in [-0.2, -0.15) is 17.0 Å². The van der Waals surface area contributed by atoms with Crippen molar-refractivity contribution in [2.45, 2.75) is 13.0 Å². The zero-order chi connectivity index (χ0) is 19.4. The zero-order valence-electron chi connectivity index (χ0n) is 15.2. The zero-order valence-corrected chi connectivity index (χ0v) is 16.0. The van der Waals surface area contributed by atoms with Crippen molar-refractivity contribution in [2.75, 3.05) is 52.5 Å². The minimum absolute atomic E-state index is 0.220. The van der Waals surface area contributed by atoms with Gasteiger partial charge in [0.1, 0.15) is 11.6 Å². The molecule has 2 aliphatic rings. The molecule has 0 radical (unpaired) electrons. The van der Waals surface area contributed by atoms with E-state index in [1.165, 1.54) is 32.9 Å². The predicted octanol–water partition coefficient (Wildman–Crippen LogP) is 0.314. The molecule has 150 valence electrons. The van der Waals surface area contributed by atoms with E-state index in [1.807, 2.05) is 0 Å². The van der Waals surface area contributed by atoms with Gasteiger partial charge in [-0.3, -0.25) is 4.79 Å². The summed E-state index contributed by atoms with van der Waals surface area (Å²) in [7, 11) is -3.53. The Balaban J connectivity index is 1.53. The van der Waals surface area contributed by atoms with E-state index in [9.17, 15) is 17.6 Å². The van der Waals surface area contributed by atoms with Gasteiger partial charge in [0.15, 0.2) is 6.10 Å². The summed E-state index contributed by atoms with van der Waals surface area (Å²) in [6.07, 6.45) is -0.738. The molecule has 0 bridgehead atoms. The number of hydrogen-bond acceptors (Lipinski definition) is 5. The molecule has 10 heteroatoms. The first-order valence-electron chi connectivity index (χ1n) is 8.92. The van der Waals surface area contributed by atoms with Gasteiger partial charge in [0, 0.05) is 39.3 Å². The van der Waals surface area contributed by atoms with E-state index in [0.717, 1.165) is 0 Å². The molecule has 1 unspecified atom stereocenters. The van der Waals surface area contributed by atoms with Crippen molar-refractivity contribution in [1.82, 2.24) is 13.5 Å². The van der Waals surface area contributed by atoms with Gasteiger partial charge in [-0.15, -0.1) is 0 Å². The molecule has 0 saturated carbocycles. The summed E-state index contributed by atoms with van der Waals surface area (Å²) < 4.78 is 51.9. The summed E-state index contributed by atoms with van der Waals surface area (Å²) in [4.78, 5) is 14.2. The van der Waals surface area contributed by atoms with E-state index < -0.39 is 16.3 Å². The molecule has 2 aliphatic heterocycles. The Kier molecular flexibility index (Phi) is 6.30. The summed E-state index contributed by atoms with van der Waals surface area (Å²) in [5, 5.41) is 0. The van der Waals surface area contributed by atoms with Crippen LogP contribution in [0, 0.1) is 5.82 Å². The van der Waals surface area contributed by atoms with E-state index >= 15 is 0 Å². The van der Waals surface area contributed by atoms with Crippen LogP contribution in [0.15, 0.2) is 24.3 Å². The van der Waals surface area contributed by atoms with Gasteiger partial charge in [0.25, 0.3) is 16.1 Å². The van der Waals surface area contributed by atoms with Crippen LogP contribution < -0.4 is 4.74 Å². The van der Waals surface area contributed by atoms with Crippen LogP contribution >= 0.6 is 0 Å². The van der Waals surface area contributed by atoms with Crippen LogP contribution in [0.3, 0.4) is 0 Å². The smallest absolute Gasteiger partial charge is 0.282 e. The van der Waals surface area contributed by atoms with E-state index in [4.69, 9.17) is 9.47 Å². The third-order valence-corrected chi connectivity index (χ3v) is 6.68. The number of benzene rings is 1. The first kappa shape index (κ1) is 20.0. The highest BCUT2D eigenvalue weighted by Gasteiger charge is 2.35. The minimum atomic E-state index is -3.53. The van der Waals surface area contributed by atoms with Gasteiger partial charge >= 0.3 is 0 Å². The number of morpholine rings is 1. The van der Waals surface area contributed by atoms with Gasteiger partial charge in [0.2, 0.25) is 0 Å². The van der Waals surface area contributed by atoms with Crippen LogP contribution in [-0.2, 0) is 19.7 Å². The van der Waals surface area contributed by atoms with E-state index in [2.05, 4.69) is 0 Å². The third-order valence-electron chi connectivity index (χ3n) is 4.65. The molecule has 2 heterocycles. The standard InChI is InChI=1S/C17H24FN3O5S/c1-14(26-16-4-2-15(18)3-5-16)17(22)19-6-8-20(9-7-19)27(23,24)21-10-12-25-13-11-21/h2-5,14H,6-13H2,1H3. The number of nitrogens with zero attached hydrogens (tertiary/aromatic N) is 3. The molecule has 8 nitrogen and oxygen atoms in total. The number of carbonyl (C=O) groups excluding carboxylic acids is 1. The second-order valence-corrected chi connectivity index (χ2v) is 8.39. The molecule has 1 atom stereocenters. The maximum absolute atomic E-state index is 12.9. The first-order valence-corrected chi connectivity index (χ1v) is 10.3. The van der Waals surface area contributed by atoms with Crippen molar-refractivity contribution in [3.8, 4) is 5.75 Å². The van der Waals surface area contributed by atoms with Gasteiger partial charge in [-0.05, 0) is 31.2 Å². The highest BCUT2D eigenvalue weighted by molar-refractivity contribution is 7.86. The SMILES string of the molecule is CC(Oc1ccc(F)cc1)C(=O)N1CCN(S(=O)(=O)N2CCOCC2)CC1. The molecule has 3 rings (SSSR count). The van der Waals surface area contributed by atoms with Gasteiger partial charge < -0.3 is 14.4 Å². The predicted molar refractivity (Wildman–Crippen MR) is 96.0 cm³/mol. The Labute approximate surface area is 158 Å². The van der Waals surface area contributed by atoms with Gasteiger partial charge in [-0.1, -0.05) is 0 Å². The van der Waals surface area contributed by atoms with Crippen LogP contribution in [-0.4, -0.2) is 86.4 Å². The molecular formula is C17H24FN3O5S. The normalized spacial score (nSPS) is 21.0. The minimum Gasteiger partial charge on any atom is -0.481 e. The Morgan fingerprint density at radius 1 is 1.04 bits per heavy atom. The maximum Gasteiger partial charge on any atom is 0.282 e. The van der Waals surface area contributed by atoms with Crippen molar-refractivity contribution in [3.05, 3.63) is 30.1 Å². The highest BCUT2D eigenvalue weighted by Crippen LogP contribution is 2.17. The molecule has 0 spiro atoms. The largest absolute Gasteiger partial charge is 0.481 e. The van der Waals surface area contributed by atoms with E-state index in [1.54, 1.807) is 11.8 Å². The third kappa shape index (κ3) is 4.75. The van der Waals surface area contributed by atoms with Crippen LogP contribution in [0.1, 0.15) is 6.92 Å². The number of ether oxygens (including phenoxy) is 2. The lowest BCUT2D eigenvalue weighted by Gasteiger charge is -2.38. The molecule has 2 saturated heterocycles. The summed E-state index contributed by atoms with van der Waals surface area (Å²) >= 11 is 0. The van der Waals surface area contributed by atoms with Crippen LogP contribution in [0.2, 0.25) is 0 Å². The van der Waals surface area contributed by atoms with Crippen molar-refractivity contribution >= 4 is 16.1 Å². The molecule has 1 aromatic rings. The van der Waals surface area contributed by atoms with E-state index in [-0.39, 0.29) is 24.8 Å². The summed E-state index contributed by atoms with van der Waals surface area (Å²) in [5.41, 5.74) is 0. The summed E-state index contributed by atoms with van der Waals surface area (Å²) in [6.45, 7) is 4.23. The fourth-order valence-electron chi connectivity index (χ4n) is 3.10. The fourth-order valence-corrected chi connectivity index (χ4v) is 4.67. The Bertz CT molecular complexity index is 744. The average Bonchev–Trinajstić information content (AvgIpc) is 2.70. The van der Waals surface area contributed by atoms with Gasteiger partial charge in [0.05, 0.1) is 13.2 Å². The summed E-state index contributed by atoms with van der Waals surface area (Å²) in [6, 6.07) is 5.46. The monoisotopic (exact) mass is 401 g/mol. The lowest BCUT2D eigenvalue weighted by Crippen LogP contribution is -2.57. The fraction of sp³-hybridized carbons (Fsp3) is 0.588. The molecule has 27 heavy (non-hydrogen) atoms. The van der Waals surface area contributed by atoms with Crippen molar-refractivity contribution in [1.29, 1.82) is 0 Å². The number of hydrogen-bond donors (Lipinski definition) is 0. The molecule has 2 fully saturated rings. The van der Waals surface area contributed by atoms with Crippen LogP contribution in [0.5, 0.6) is 5.75 Å². The number of halogens is 1. The average molecular weight is 401 g/mol. The molecule has 0 N–H and O–H groups in total. The molecule has 1 aromatic carbocycles. The van der Waals surface area contributed by atoms with Crippen molar-refractivity contribution in [2.24, 2.45) is 0 Å². The van der Waals surface area contributed by atoms with E-state index in [0.29, 0.717) is 45.1 Å². The lowest BCUT2D eigenvalue weighted by atomic mass is 10.2. The molecule has 0 aromatic heterocycles. The Morgan fingerprint density at radius 2 is 1.59 bits per heavy atom. The van der Waals surface area contributed by atoms with Crippen LogP contribution in [0.25, 0.3) is 0 Å². The summed E-state index contributed by atoms with van der Waals surface area (Å²) in [5.74, 6) is -0.188. The number of amides is 1. The first-order chi connectivity index (χ1) is 12.9. The Hall–Kier alpha value is -1.75. The Morgan fingerprint density at radius 3 is 2.19 bits per heavy atom. The highest BCUT2D eigenvalue weighted by atomic mass is 32.2. The lowest BCUT2D eigenvalue weighted by molar-refractivity contribution is -0.139. The topological polar surface area (TPSA) is 79.4 Å².